The van der Waals surface area contributed by atoms with E-state index in [0.29, 0.717) is 5.75 Å². The zero-order valence-electron chi connectivity index (χ0n) is 13.3. The van der Waals surface area contributed by atoms with Crippen LogP contribution in [0.5, 0.6) is 5.75 Å². The van der Waals surface area contributed by atoms with Gasteiger partial charge in [-0.3, -0.25) is 4.79 Å². The number of hydrogen-bond donors (Lipinski definition) is 1. The number of rotatable bonds is 5. The number of nitrogens with zero attached hydrogens (tertiary/aromatic N) is 2. The Morgan fingerprint density at radius 3 is 3.04 bits per heavy atom. The van der Waals surface area contributed by atoms with Crippen LogP contribution in [0.1, 0.15) is 12.8 Å². The molecule has 0 saturated carbocycles. The number of hydrogen-bond acceptors (Lipinski definition) is 4. The summed E-state index contributed by atoms with van der Waals surface area (Å²) >= 11 is 0. The second kappa shape index (κ2) is 7.77. The molecule has 0 unspecified atom stereocenters. The lowest BCUT2D eigenvalue weighted by Crippen LogP contribution is -2.49. The number of pyridine rings is 1. The molecule has 6 heteroatoms. The third-order valence-corrected chi connectivity index (χ3v) is 3.93. The van der Waals surface area contributed by atoms with Crippen molar-refractivity contribution in [2.75, 3.05) is 24.6 Å². The van der Waals surface area contributed by atoms with Gasteiger partial charge in [0.05, 0.1) is 0 Å². The largest absolute Gasteiger partial charge is 0.484 e. The number of aromatic nitrogens is 1. The highest BCUT2D eigenvalue weighted by Gasteiger charge is 2.22. The molecule has 2 aromatic rings. The van der Waals surface area contributed by atoms with E-state index in [4.69, 9.17) is 4.74 Å². The van der Waals surface area contributed by atoms with Crippen molar-refractivity contribution in [3.63, 3.8) is 0 Å². The molecule has 1 fully saturated rings. The maximum Gasteiger partial charge on any atom is 0.258 e. The van der Waals surface area contributed by atoms with Gasteiger partial charge in [0.15, 0.2) is 6.61 Å². The van der Waals surface area contributed by atoms with Gasteiger partial charge in [0.1, 0.15) is 17.4 Å². The molecule has 1 saturated heterocycles. The van der Waals surface area contributed by atoms with Crippen LogP contribution in [-0.4, -0.2) is 36.6 Å². The van der Waals surface area contributed by atoms with Crippen molar-refractivity contribution in [1.82, 2.24) is 10.3 Å². The monoisotopic (exact) mass is 329 g/mol. The molecule has 1 aliphatic rings. The van der Waals surface area contributed by atoms with Crippen molar-refractivity contribution in [1.29, 1.82) is 0 Å². The Hall–Kier alpha value is -2.63. The number of nitrogens with one attached hydrogen (secondary N) is 1. The van der Waals surface area contributed by atoms with Crippen LogP contribution in [0.25, 0.3) is 0 Å². The molecule has 1 amide bonds. The van der Waals surface area contributed by atoms with E-state index in [9.17, 15) is 9.18 Å². The third kappa shape index (κ3) is 4.44. The SMILES string of the molecule is O=C(COc1cccc(F)c1)N[C@H]1CCCN(c2ccccn2)C1. The number of amides is 1. The van der Waals surface area contributed by atoms with Crippen LogP contribution in [0.3, 0.4) is 0 Å². The van der Waals surface area contributed by atoms with Crippen LogP contribution >= 0.6 is 0 Å². The predicted octanol–water partition coefficient (Wildman–Crippen LogP) is 2.38. The van der Waals surface area contributed by atoms with Crippen molar-refractivity contribution < 1.29 is 13.9 Å². The van der Waals surface area contributed by atoms with Crippen molar-refractivity contribution in [2.24, 2.45) is 0 Å². The molecular weight excluding hydrogens is 309 g/mol. The highest BCUT2D eigenvalue weighted by Crippen LogP contribution is 2.17. The third-order valence-electron chi connectivity index (χ3n) is 3.93. The Kier molecular flexibility index (Phi) is 5.25. The smallest absolute Gasteiger partial charge is 0.258 e. The summed E-state index contributed by atoms with van der Waals surface area (Å²) in [6, 6.07) is 11.6. The molecule has 126 valence electrons. The average molecular weight is 329 g/mol. The van der Waals surface area contributed by atoms with E-state index >= 15 is 0 Å². The van der Waals surface area contributed by atoms with E-state index in [-0.39, 0.29) is 24.4 Å². The second-order valence-corrected chi connectivity index (χ2v) is 5.79. The van der Waals surface area contributed by atoms with Crippen LogP contribution in [0.15, 0.2) is 48.7 Å². The van der Waals surface area contributed by atoms with Crippen LogP contribution in [0, 0.1) is 5.82 Å². The number of piperidine rings is 1. The number of benzene rings is 1. The zero-order chi connectivity index (χ0) is 16.8. The Bertz CT molecular complexity index is 681. The van der Waals surface area contributed by atoms with Gasteiger partial charge in [0.25, 0.3) is 5.91 Å². The van der Waals surface area contributed by atoms with Gasteiger partial charge in [-0.25, -0.2) is 9.37 Å². The highest BCUT2D eigenvalue weighted by atomic mass is 19.1. The van der Waals surface area contributed by atoms with E-state index < -0.39 is 0 Å². The van der Waals surface area contributed by atoms with E-state index in [1.165, 1.54) is 12.1 Å². The molecule has 0 radical (unpaired) electrons. The fraction of sp³-hybridized carbons (Fsp3) is 0.333. The highest BCUT2D eigenvalue weighted by molar-refractivity contribution is 5.78. The van der Waals surface area contributed by atoms with Crippen LogP contribution in [0.4, 0.5) is 10.2 Å². The molecule has 0 bridgehead atoms. The van der Waals surface area contributed by atoms with Crippen LogP contribution < -0.4 is 15.0 Å². The van der Waals surface area contributed by atoms with Crippen molar-refractivity contribution in [3.05, 3.63) is 54.5 Å². The molecule has 1 N–H and O–H groups in total. The number of ether oxygens (including phenoxy) is 1. The van der Waals surface area contributed by atoms with E-state index in [0.717, 1.165) is 31.7 Å². The lowest BCUT2D eigenvalue weighted by atomic mass is 10.1. The molecular formula is C18H20FN3O2. The summed E-state index contributed by atoms with van der Waals surface area (Å²) < 4.78 is 18.4. The summed E-state index contributed by atoms with van der Waals surface area (Å²) in [6.45, 7) is 1.54. The van der Waals surface area contributed by atoms with Crippen molar-refractivity contribution in [3.8, 4) is 5.75 Å². The van der Waals surface area contributed by atoms with Gasteiger partial charge in [-0.1, -0.05) is 12.1 Å². The Morgan fingerprint density at radius 2 is 2.25 bits per heavy atom. The normalized spacial score (nSPS) is 17.4. The predicted molar refractivity (Wildman–Crippen MR) is 89.5 cm³/mol. The van der Waals surface area contributed by atoms with Gasteiger partial charge in [-0.05, 0) is 37.1 Å². The van der Waals surface area contributed by atoms with Gasteiger partial charge in [-0.15, -0.1) is 0 Å². The summed E-state index contributed by atoms with van der Waals surface area (Å²) in [4.78, 5) is 18.6. The quantitative estimate of drug-likeness (QED) is 0.915. The lowest BCUT2D eigenvalue weighted by molar-refractivity contribution is -0.123. The first-order chi connectivity index (χ1) is 11.7. The van der Waals surface area contributed by atoms with E-state index in [1.807, 2.05) is 18.2 Å². The van der Waals surface area contributed by atoms with Gasteiger partial charge < -0.3 is 15.0 Å². The van der Waals surface area contributed by atoms with Crippen molar-refractivity contribution in [2.45, 2.75) is 18.9 Å². The topological polar surface area (TPSA) is 54.5 Å². The number of carbonyl (C=O) groups is 1. The molecule has 3 rings (SSSR count). The lowest BCUT2D eigenvalue weighted by Gasteiger charge is -2.33. The minimum absolute atomic E-state index is 0.0596. The van der Waals surface area contributed by atoms with Gasteiger partial charge >= 0.3 is 0 Å². The minimum Gasteiger partial charge on any atom is -0.484 e. The Labute approximate surface area is 140 Å². The van der Waals surface area contributed by atoms with Gasteiger partial charge in [0, 0.05) is 31.4 Å². The molecule has 1 aromatic carbocycles. The zero-order valence-corrected chi connectivity index (χ0v) is 13.3. The summed E-state index contributed by atoms with van der Waals surface area (Å²) in [7, 11) is 0. The minimum atomic E-state index is -0.383. The fourth-order valence-electron chi connectivity index (χ4n) is 2.82. The standard InChI is InChI=1S/C18H20FN3O2/c19-14-5-3-7-16(11-14)24-13-18(23)21-15-6-4-10-22(12-15)17-8-1-2-9-20-17/h1-3,5,7-9,11,15H,4,6,10,12-13H2,(H,21,23)/t15-/m0/s1. The Balaban J connectivity index is 1.49. The molecule has 2 heterocycles. The molecule has 1 aromatic heterocycles. The summed E-state index contributed by atoms with van der Waals surface area (Å²) in [5, 5.41) is 2.98. The van der Waals surface area contributed by atoms with Gasteiger partial charge in [0.2, 0.25) is 0 Å². The molecule has 0 spiro atoms. The fourth-order valence-corrected chi connectivity index (χ4v) is 2.82. The average Bonchev–Trinajstić information content (AvgIpc) is 2.61. The van der Waals surface area contributed by atoms with E-state index in [2.05, 4.69) is 15.2 Å². The molecule has 0 aliphatic carbocycles. The molecule has 1 atom stereocenters. The van der Waals surface area contributed by atoms with Crippen LogP contribution in [-0.2, 0) is 4.79 Å². The van der Waals surface area contributed by atoms with Crippen molar-refractivity contribution >= 4 is 11.7 Å². The van der Waals surface area contributed by atoms with E-state index in [1.54, 1.807) is 18.3 Å². The summed E-state index contributed by atoms with van der Waals surface area (Å²) in [6.07, 6.45) is 3.69. The summed E-state index contributed by atoms with van der Waals surface area (Å²) in [5.74, 6) is 0.690. The first-order valence-electron chi connectivity index (χ1n) is 8.04. The number of halogens is 1. The molecule has 24 heavy (non-hydrogen) atoms. The first kappa shape index (κ1) is 16.2. The number of anilines is 1. The summed E-state index contributed by atoms with van der Waals surface area (Å²) in [5.41, 5.74) is 0. The second-order valence-electron chi connectivity index (χ2n) is 5.79. The Morgan fingerprint density at radius 1 is 1.33 bits per heavy atom. The molecule has 5 nitrogen and oxygen atoms in total. The first-order valence-corrected chi connectivity index (χ1v) is 8.04. The maximum atomic E-state index is 13.1. The molecule has 1 aliphatic heterocycles. The van der Waals surface area contributed by atoms with Crippen LogP contribution in [0.2, 0.25) is 0 Å². The maximum absolute atomic E-state index is 13.1. The number of carbonyl (C=O) groups excluding carboxylic acids is 1. The van der Waals surface area contributed by atoms with Gasteiger partial charge in [-0.2, -0.15) is 0 Å².